The number of aliphatic hydroxyl groups excluding tert-OH is 1. The molecule has 27 heavy (non-hydrogen) atoms. The van der Waals surface area contributed by atoms with Gasteiger partial charge in [-0.05, 0) is 35.9 Å². The number of piperidine rings is 1. The highest BCUT2D eigenvalue weighted by Gasteiger charge is 2.28. The van der Waals surface area contributed by atoms with Gasteiger partial charge in [0.25, 0.3) is 5.91 Å². The number of hydrogen-bond acceptors (Lipinski definition) is 4. The molecule has 1 aromatic heterocycles. The Morgan fingerprint density at radius 2 is 1.96 bits per heavy atom. The van der Waals surface area contributed by atoms with Gasteiger partial charge in [0, 0.05) is 35.8 Å². The highest BCUT2D eigenvalue weighted by Crippen LogP contribution is 2.25. The lowest BCUT2D eigenvalue weighted by molar-refractivity contribution is -0.142. The van der Waals surface area contributed by atoms with Gasteiger partial charge in [0.05, 0.1) is 11.7 Å². The van der Waals surface area contributed by atoms with Crippen LogP contribution in [0.2, 0.25) is 0 Å². The number of fused-ring (bicyclic) bond motifs is 1. The molecule has 2 aromatic carbocycles. The first kappa shape index (κ1) is 18.0. The zero-order chi connectivity index (χ0) is 18.8. The van der Waals surface area contributed by atoms with Crippen LogP contribution in [0.15, 0.2) is 53.1 Å². The first-order chi connectivity index (χ1) is 13.1. The molecule has 1 aliphatic rings. The van der Waals surface area contributed by atoms with Crippen LogP contribution in [-0.2, 0) is 4.79 Å². The molecule has 0 bridgehead atoms. The van der Waals surface area contributed by atoms with E-state index in [9.17, 15) is 9.90 Å². The molecular weight excluding hydrogens is 410 g/mol. The number of aromatic nitrogens is 2. The lowest BCUT2D eigenvalue weighted by Crippen LogP contribution is -2.43. The number of benzene rings is 2. The van der Waals surface area contributed by atoms with Crippen LogP contribution >= 0.6 is 15.9 Å². The van der Waals surface area contributed by atoms with Crippen molar-refractivity contribution in [2.75, 3.05) is 13.1 Å². The number of carbonyl (C=O) groups is 1. The number of carbonyl (C=O) groups excluding carboxylic acids is 1. The fourth-order valence-electron chi connectivity index (χ4n) is 3.34. The smallest absolute Gasteiger partial charge is 0.256 e. The van der Waals surface area contributed by atoms with Gasteiger partial charge >= 0.3 is 0 Å². The summed E-state index contributed by atoms with van der Waals surface area (Å²) in [7, 11) is 0. The quantitative estimate of drug-likeness (QED) is 0.665. The van der Waals surface area contributed by atoms with Crippen LogP contribution in [0.25, 0.3) is 10.9 Å². The van der Waals surface area contributed by atoms with E-state index in [4.69, 9.17) is 4.74 Å². The number of aliphatic hydroxyl groups is 1. The third kappa shape index (κ3) is 3.99. The lowest BCUT2D eigenvalue weighted by atomic mass is 10.0. The minimum Gasteiger partial charge on any atom is -0.490 e. The van der Waals surface area contributed by atoms with Crippen LogP contribution < -0.4 is 4.74 Å². The molecule has 1 atom stereocenters. The summed E-state index contributed by atoms with van der Waals surface area (Å²) in [5.41, 5.74) is 1.58. The zero-order valence-electron chi connectivity index (χ0n) is 14.6. The van der Waals surface area contributed by atoms with Crippen molar-refractivity contribution in [3.05, 3.63) is 58.7 Å². The highest BCUT2D eigenvalue weighted by molar-refractivity contribution is 9.10. The van der Waals surface area contributed by atoms with Crippen LogP contribution in [-0.4, -0.2) is 45.3 Å². The Morgan fingerprint density at radius 3 is 2.70 bits per heavy atom. The molecule has 2 heterocycles. The molecule has 0 aliphatic carbocycles. The van der Waals surface area contributed by atoms with Crippen molar-refractivity contribution >= 4 is 32.7 Å². The first-order valence-electron chi connectivity index (χ1n) is 8.92. The second kappa shape index (κ2) is 7.70. The summed E-state index contributed by atoms with van der Waals surface area (Å²) in [4.78, 5) is 14.3. The van der Waals surface area contributed by atoms with Crippen molar-refractivity contribution in [3.8, 4) is 5.75 Å². The van der Waals surface area contributed by atoms with Crippen LogP contribution in [0, 0.1) is 0 Å². The van der Waals surface area contributed by atoms with Crippen molar-refractivity contribution < 1.29 is 14.6 Å². The van der Waals surface area contributed by atoms with E-state index in [1.54, 1.807) is 23.2 Å². The van der Waals surface area contributed by atoms with Gasteiger partial charge in [0.2, 0.25) is 0 Å². The van der Waals surface area contributed by atoms with Crippen molar-refractivity contribution in [2.24, 2.45) is 0 Å². The SMILES string of the molecule is O=C(C(O)c1ccc(Br)cc1)N1CCC(Oc2ccc3[nH]ncc3c2)CC1. The van der Waals surface area contributed by atoms with E-state index in [1.165, 1.54) is 0 Å². The summed E-state index contributed by atoms with van der Waals surface area (Å²) in [6.45, 7) is 1.15. The number of rotatable bonds is 4. The number of nitrogens with zero attached hydrogens (tertiary/aromatic N) is 2. The number of likely N-dealkylation sites (tertiary alicyclic amines) is 1. The van der Waals surface area contributed by atoms with E-state index in [0.29, 0.717) is 18.7 Å². The standard InChI is InChI=1S/C20H20BrN3O3/c21-15-3-1-13(2-4-15)19(25)20(26)24-9-7-16(8-10-24)27-17-5-6-18-14(11-17)12-22-23-18/h1-6,11-12,16,19,25H,7-10H2,(H,22,23). The minimum atomic E-state index is -1.13. The van der Waals surface area contributed by atoms with Gasteiger partial charge in [-0.3, -0.25) is 9.89 Å². The van der Waals surface area contributed by atoms with E-state index in [-0.39, 0.29) is 12.0 Å². The summed E-state index contributed by atoms with van der Waals surface area (Å²) < 4.78 is 6.99. The molecular formula is C20H20BrN3O3. The second-order valence-electron chi connectivity index (χ2n) is 6.72. The van der Waals surface area contributed by atoms with Crippen molar-refractivity contribution in [1.82, 2.24) is 15.1 Å². The number of hydrogen-bond donors (Lipinski definition) is 2. The number of H-pyrrole nitrogens is 1. The molecule has 6 nitrogen and oxygen atoms in total. The van der Waals surface area contributed by atoms with Crippen LogP contribution in [0.1, 0.15) is 24.5 Å². The van der Waals surface area contributed by atoms with Crippen LogP contribution in [0.5, 0.6) is 5.75 Å². The molecule has 3 aromatic rings. The molecule has 4 rings (SSSR count). The number of amides is 1. The largest absolute Gasteiger partial charge is 0.490 e. The predicted octanol–water partition coefficient (Wildman–Crippen LogP) is 3.43. The van der Waals surface area contributed by atoms with E-state index < -0.39 is 6.10 Å². The summed E-state index contributed by atoms with van der Waals surface area (Å²) in [5.74, 6) is 0.555. The first-order valence-corrected chi connectivity index (χ1v) is 9.71. The molecule has 1 aliphatic heterocycles. The Bertz CT molecular complexity index is 933. The molecule has 0 saturated carbocycles. The van der Waals surface area contributed by atoms with Crippen molar-refractivity contribution in [2.45, 2.75) is 25.0 Å². The van der Waals surface area contributed by atoms with Gasteiger partial charge in [-0.15, -0.1) is 0 Å². The maximum Gasteiger partial charge on any atom is 0.256 e. The molecule has 7 heteroatoms. The summed E-state index contributed by atoms with van der Waals surface area (Å²) in [5, 5.41) is 18.3. The number of aromatic amines is 1. The molecule has 1 fully saturated rings. The van der Waals surface area contributed by atoms with Gasteiger partial charge in [-0.1, -0.05) is 28.1 Å². The van der Waals surface area contributed by atoms with Crippen LogP contribution in [0.4, 0.5) is 0 Å². The summed E-state index contributed by atoms with van der Waals surface area (Å²) in [6.07, 6.45) is 2.18. The van der Waals surface area contributed by atoms with Gasteiger partial charge in [-0.25, -0.2) is 0 Å². The number of halogens is 1. The van der Waals surface area contributed by atoms with Crippen molar-refractivity contribution in [1.29, 1.82) is 0 Å². The Morgan fingerprint density at radius 1 is 1.22 bits per heavy atom. The van der Waals surface area contributed by atoms with Gasteiger partial charge in [0.15, 0.2) is 6.10 Å². The van der Waals surface area contributed by atoms with Crippen LogP contribution in [0.3, 0.4) is 0 Å². The van der Waals surface area contributed by atoms with Gasteiger partial charge < -0.3 is 14.7 Å². The molecule has 140 valence electrons. The normalized spacial score (nSPS) is 16.4. The lowest BCUT2D eigenvalue weighted by Gasteiger charge is -2.33. The number of nitrogens with one attached hydrogen (secondary N) is 1. The molecule has 1 unspecified atom stereocenters. The maximum atomic E-state index is 12.6. The topological polar surface area (TPSA) is 78.5 Å². The maximum absolute atomic E-state index is 12.6. The van der Waals surface area contributed by atoms with E-state index in [2.05, 4.69) is 26.1 Å². The molecule has 1 amide bonds. The number of ether oxygens (including phenoxy) is 1. The van der Waals surface area contributed by atoms with Gasteiger partial charge in [-0.2, -0.15) is 5.10 Å². The van der Waals surface area contributed by atoms with Gasteiger partial charge in [0.1, 0.15) is 11.9 Å². The Labute approximate surface area is 165 Å². The molecule has 0 radical (unpaired) electrons. The minimum absolute atomic E-state index is 0.0585. The van der Waals surface area contributed by atoms with E-state index in [1.807, 2.05) is 30.3 Å². The summed E-state index contributed by atoms with van der Waals surface area (Å²) >= 11 is 3.36. The third-order valence-electron chi connectivity index (χ3n) is 4.89. The monoisotopic (exact) mass is 429 g/mol. The Balaban J connectivity index is 1.33. The Kier molecular flexibility index (Phi) is 5.13. The average molecular weight is 430 g/mol. The second-order valence-corrected chi connectivity index (χ2v) is 7.63. The molecule has 0 spiro atoms. The zero-order valence-corrected chi connectivity index (χ0v) is 16.2. The highest BCUT2D eigenvalue weighted by atomic mass is 79.9. The predicted molar refractivity (Wildman–Crippen MR) is 105 cm³/mol. The summed E-state index contributed by atoms with van der Waals surface area (Å²) in [6, 6.07) is 13.0. The Hall–Kier alpha value is -2.38. The van der Waals surface area contributed by atoms with Crippen molar-refractivity contribution in [3.63, 3.8) is 0 Å². The molecule has 2 N–H and O–H groups in total. The molecule has 1 saturated heterocycles. The average Bonchev–Trinajstić information content (AvgIpc) is 3.16. The van der Waals surface area contributed by atoms with E-state index >= 15 is 0 Å². The van der Waals surface area contributed by atoms with E-state index in [0.717, 1.165) is 34.0 Å². The fourth-order valence-corrected chi connectivity index (χ4v) is 3.61. The third-order valence-corrected chi connectivity index (χ3v) is 5.42. The fraction of sp³-hybridized carbons (Fsp3) is 0.300.